The second-order valence-electron chi connectivity index (χ2n) is 6.20. The summed E-state index contributed by atoms with van der Waals surface area (Å²) in [5.41, 5.74) is 2.71. The van der Waals surface area contributed by atoms with Gasteiger partial charge in [0.15, 0.2) is 0 Å². The van der Waals surface area contributed by atoms with E-state index in [2.05, 4.69) is 10.3 Å². The van der Waals surface area contributed by atoms with Crippen LogP contribution in [-0.4, -0.2) is 25.1 Å². The molecule has 4 aromatic rings. The lowest BCUT2D eigenvalue weighted by molar-refractivity contribution is 0.102. The average Bonchev–Trinajstić information content (AvgIpc) is 3.18. The first kappa shape index (κ1) is 19.2. The van der Waals surface area contributed by atoms with Crippen LogP contribution in [0.15, 0.2) is 60.7 Å². The summed E-state index contributed by atoms with van der Waals surface area (Å²) in [6.07, 6.45) is 0. The third-order valence-corrected chi connectivity index (χ3v) is 5.72. The minimum Gasteiger partial charge on any atom is -0.496 e. The van der Waals surface area contributed by atoms with Crippen LogP contribution >= 0.6 is 22.9 Å². The summed E-state index contributed by atoms with van der Waals surface area (Å²) < 4.78 is 11.8. The fourth-order valence-corrected chi connectivity index (χ4v) is 4.12. The van der Waals surface area contributed by atoms with Gasteiger partial charge in [-0.1, -0.05) is 23.7 Å². The highest BCUT2D eigenvalue weighted by atomic mass is 35.5. The molecule has 0 radical (unpaired) electrons. The van der Waals surface area contributed by atoms with E-state index in [4.69, 9.17) is 21.1 Å². The standard InChI is InChI=1S/C22H17ClN2O3S/c1-27-18-10-8-14(23)12-15(18)21(26)24-17-11-13(7-9-19(17)28-2)22-25-16-5-3-4-6-20(16)29-22/h3-12H,1-2H3,(H,24,26). The van der Waals surface area contributed by atoms with Crippen LogP contribution in [0, 0.1) is 0 Å². The lowest BCUT2D eigenvalue weighted by Crippen LogP contribution is -2.14. The molecular weight excluding hydrogens is 408 g/mol. The topological polar surface area (TPSA) is 60.5 Å². The van der Waals surface area contributed by atoms with Crippen molar-refractivity contribution in [3.63, 3.8) is 0 Å². The van der Waals surface area contributed by atoms with Crippen LogP contribution in [-0.2, 0) is 0 Å². The van der Waals surface area contributed by atoms with E-state index in [1.165, 1.54) is 7.11 Å². The minimum absolute atomic E-state index is 0.340. The maximum Gasteiger partial charge on any atom is 0.259 e. The number of anilines is 1. The Bertz CT molecular complexity index is 1170. The zero-order valence-corrected chi connectivity index (χ0v) is 17.3. The molecule has 0 saturated heterocycles. The van der Waals surface area contributed by atoms with Crippen molar-refractivity contribution in [2.24, 2.45) is 0 Å². The van der Waals surface area contributed by atoms with Crippen molar-refractivity contribution in [3.05, 3.63) is 71.2 Å². The van der Waals surface area contributed by atoms with Gasteiger partial charge in [0.05, 0.1) is 35.7 Å². The third kappa shape index (κ3) is 3.90. The Hall–Kier alpha value is -3.09. The van der Waals surface area contributed by atoms with E-state index in [0.29, 0.717) is 27.8 Å². The van der Waals surface area contributed by atoms with E-state index in [1.807, 2.05) is 42.5 Å². The fourth-order valence-electron chi connectivity index (χ4n) is 2.98. The van der Waals surface area contributed by atoms with Crippen molar-refractivity contribution in [1.82, 2.24) is 4.98 Å². The third-order valence-electron chi connectivity index (χ3n) is 4.39. The van der Waals surface area contributed by atoms with Crippen LogP contribution in [0.2, 0.25) is 5.02 Å². The zero-order chi connectivity index (χ0) is 20.4. The summed E-state index contributed by atoms with van der Waals surface area (Å²) in [6, 6.07) is 18.5. The molecule has 7 heteroatoms. The molecule has 1 aromatic heterocycles. The Labute approximate surface area is 176 Å². The van der Waals surface area contributed by atoms with Gasteiger partial charge in [-0.05, 0) is 48.5 Å². The van der Waals surface area contributed by atoms with Crippen LogP contribution < -0.4 is 14.8 Å². The normalized spacial score (nSPS) is 10.7. The number of methoxy groups -OCH3 is 2. The minimum atomic E-state index is -0.343. The summed E-state index contributed by atoms with van der Waals surface area (Å²) in [4.78, 5) is 17.6. The molecule has 1 N–H and O–H groups in total. The molecule has 146 valence electrons. The predicted octanol–water partition coefficient (Wildman–Crippen LogP) is 5.89. The Kier molecular flexibility index (Phi) is 5.38. The molecule has 4 rings (SSSR count). The number of nitrogens with zero attached hydrogens (tertiary/aromatic N) is 1. The first-order valence-corrected chi connectivity index (χ1v) is 9.97. The molecule has 3 aromatic carbocycles. The number of amides is 1. The summed E-state index contributed by atoms with van der Waals surface area (Å²) in [7, 11) is 3.07. The molecular formula is C22H17ClN2O3S. The number of aromatic nitrogens is 1. The monoisotopic (exact) mass is 424 g/mol. The van der Waals surface area contributed by atoms with Crippen LogP contribution in [0.25, 0.3) is 20.8 Å². The highest BCUT2D eigenvalue weighted by molar-refractivity contribution is 7.21. The maximum atomic E-state index is 12.9. The van der Waals surface area contributed by atoms with Crippen molar-refractivity contribution in [2.75, 3.05) is 19.5 Å². The lowest BCUT2D eigenvalue weighted by Gasteiger charge is -2.13. The van der Waals surface area contributed by atoms with Crippen LogP contribution in [0.5, 0.6) is 11.5 Å². The van der Waals surface area contributed by atoms with Gasteiger partial charge in [0.2, 0.25) is 0 Å². The van der Waals surface area contributed by atoms with E-state index in [-0.39, 0.29) is 5.91 Å². The Morgan fingerprint density at radius 2 is 1.76 bits per heavy atom. The Morgan fingerprint density at radius 1 is 1.00 bits per heavy atom. The maximum absolute atomic E-state index is 12.9. The molecule has 0 saturated carbocycles. The molecule has 0 atom stereocenters. The van der Waals surface area contributed by atoms with Gasteiger partial charge in [0.1, 0.15) is 16.5 Å². The molecule has 0 aliphatic heterocycles. The molecule has 1 amide bonds. The zero-order valence-electron chi connectivity index (χ0n) is 15.7. The van der Waals surface area contributed by atoms with Gasteiger partial charge in [-0.25, -0.2) is 4.98 Å². The highest BCUT2D eigenvalue weighted by Gasteiger charge is 2.16. The molecule has 0 aliphatic carbocycles. The number of carbonyl (C=O) groups excluding carboxylic acids is 1. The number of hydrogen-bond donors (Lipinski definition) is 1. The van der Waals surface area contributed by atoms with Crippen molar-refractivity contribution >= 4 is 44.7 Å². The van der Waals surface area contributed by atoms with Gasteiger partial charge in [-0.2, -0.15) is 0 Å². The first-order valence-electron chi connectivity index (χ1n) is 8.78. The van der Waals surface area contributed by atoms with E-state index in [1.54, 1.807) is 36.6 Å². The number of carbonyl (C=O) groups is 1. The number of thiazole rings is 1. The number of halogens is 1. The lowest BCUT2D eigenvalue weighted by atomic mass is 10.1. The summed E-state index contributed by atoms with van der Waals surface area (Å²) in [6.45, 7) is 0. The number of benzene rings is 3. The van der Waals surface area contributed by atoms with Gasteiger partial charge >= 0.3 is 0 Å². The Morgan fingerprint density at radius 3 is 2.52 bits per heavy atom. The van der Waals surface area contributed by atoms with Crippen molar-refractivity contribution in [2.45, 2.75) is 0 Å². The second kappa shape index (κ2) is 8.11. The van der Waals surface area contributed by atoms with Crippen molar-refractivity contribution < 1.29 is 14.3 Å². The number of fused-ring (bicyclic) bond motifs is 1. The van der Waals surface area contributed by atoms with Crippen molar-refractivity contribution in [3.8, 4) is 22.1 Å². The van der Waals surface area contributed by atoms with E-state index in [0.717, 1.165) is 20.8 Å². The smallest absolute Gasteiger partial charge is 0.259 e. The number of nitrogens with one attached hydrogen (secondary N) is 1. The fraction of sp³-hybridized carbons (Fsp3) is 0.0909. The summed E-state index contributed by atoms with van der Waals surface area (Å²) >= 11 is 7.65. The van der Waals surface area contributed by atoms with E-state index < -0.39 is 0 Å². The SMILES string of the molecule is COc1ccc(-c2nc3ccccc3s2)cc1NC(=O)c1cc(Cl)ccc1OC. The number of ether oxygens (including phenoxy) is 2. The quantitative estimate of drug-likeness (QED) is 0.434. The van der Waals surface area contributed by atoms with Crippen LogP contribution in [0.4, 0.5) is 5.69 Å². The molecule has 0 unspecified atom stereocenters. The molecule has 1 heterocycles. The predicted molar refractivity (Wildman–Crippen MR) is 118 cm³/mol. The van der Waals surface area contributed by atoms with Crippen LogP contribution in [0.1, 0.15) is 10.4 Å². The van der Waals surface area contributed by atoms with Gasteiger partial charge in [0, 0.05) is 10.6 Å². The summed E-state index contributed by atoms with van der Waals surface area (Å²) in [5.74, 6) is 0.640. The van der Waals surface area contributed by atoms with E-state index in [9.17, 15) is 4.79 Å². The molecule has 0 spiro atoms. The highest BCUT2D eigenvalue weighted by Crippen LogP contribution is 2.35. The van der Waals surface area contributed by atoms with Gasteiger partial charge in [-0.15, -0.1) is 11.3 Å². The molecule has 5 nitrogen and oxygen atoms in total. The molecule has 29 heavy (non-hydrogen) atoms. The van der Waals surface area contributed by atoms with Gasteiger partial charge in [0.25, 0.3) is 5.91 Å². The molecule has 0 fully saturated rings. The van der Waals surface area contributed by atoms with Crippen molar-refractivity contribution in [1.29, 1.82) is 0 Å². The average molecular weight is 425 g/mol. The number of para-hydroxylation sites is 1. The summed E-state index contributed by atoms with van der Waals surface area (Å²) in [5, 5.41) is 4.21. The van der Waals surface area contributed by atoms with Crippen LogP contribution in [0.3, 0.4) is 0 Å². The largest absolute Gasteiger partial charge is 0.496 e. The number of hydrogen-bond acceptors (Lipinski definition) is 5. The molecule has 0 aliphatic rings. The first-order chi connectivity index (χ1) is 14.1. The van der Waals surface area contributed by atoms with E-state index >= 15 is 0 Å². The Balaban J connectivity index is 1.70. The van der Waals surface area contributed by atoms with Gasteiger partial charge < -0.3 is 14.8 Å². The van der Waals surface area contributed by atoms with Gasteiger partial charge in [-0.3, -0.25) is 4.79 Å². The molecule has 0 bridgehead atoms. The number of rotatable bonds is 5. The second-order valence-corrected chi connectivity index (χ2v) is 7.67.